The topological polar surface area (TPSA) is 97.0 Å². The van der Waals surface area contributed by atoms with E-state index in [1.54, 1.807) is 6.07 Å². The van der Waals surface area contributed by atoms with E-state index in [1.807, 2.05) is 7.05 Å². The highest BCUT2D eigenvalue weighted by Crippen LogP contribution is 2.31. The third-order valence-electron chi connectivity index (χ3n) is 4.49. The molecule has 154 valence electrons. The van der Waals surface area contributed by atoms with Crippen molar-refractivity contribution in [3.63, 3.8) is 0 Å². The molecule has 0 aromatic heterocycles. The number of hydrogen-bond donors (Lipinski definition) is 2. The van der Waals surface area contributed by atoms with Crippen LogP contribution < -0.4 is 20.1 Å². The maximum atomic E-state index is 12.9. The van der Waals surface area contributed by atoms with Crippen LogP contribution in [0.1, 0.15) is 12.8 Å². The maximum Gasteiger partial charge on any atom is 0.243 e. The summed E-state index contributed by atoms with van der Waals surface area (Å²) in [5, 5.41) is 5.83. The van der Waals surface area contributed by atoms with E-state index in [0.29, 0.717) is 50.5 Å². The standard InChI is InChI=1S/C17H27N3O5S.ClH/c1-18-8-9-19-17(21)13-6-10-20(11-7-13)26(22,23)14-4-5-15(24-2)16(12-14)25-3;/h4-5,12-13,18H,6-11H2,1-3H3,(H,19,21);1H. The minimum atomic E-state index is -3.63. The Kier molecular flexibility index (Phi) is 9.31. The van der Waals surface area contributed by atoms with Gasteiger partial charge in [-0.15, -0.1) is 12.4 Å². The number of ether oxygens (including phenoxy) is 2. The summed E-state index contributed by atoms with van der Waals surface area (Å²) in [4.78, 5) is 12.3. The monoisotopic (exact) mass is 421 g/mol. The summed E-state index contributed by atoms with van der Waals surface area (Å²) >= 11 is 0. The van der Waals surface area contributed by atoms with E-state index >= 15 is 0 Å². The average Bonchev–Trinajstić information content (AvgIpc) is 2.67. The summed E-state index contributed by atoms with van der Waals surface area (Å²) in [6, 6.07) is 4.55. The molecule has 1 aromatic carbocycles. The van der Waals surface area contributed by atoms with Gasteiger partial charge in [0.1, 0.15) is 0 Å². The number of halogens is 1. The quantitative estimate of drug-likeness (QED) is 0.604. The molecule has 2 rings (SSSR count). The molecule has 0 unspecified atom stereocenters. The zero-order valence-electron chi connectivity index (χ0n) is 15.9. The average molecular weight is 422 g/mol. The minimum absolute atomic E-state index is 0. The van der Waals surface area contributed by atoms with Crippen molar-refractivity contribution < 1.29 is 22.7 Å². The summed E-state index contributed by atoms with van der Waals surface area (Å²) in [7, 11) is 1.15. The van der Waals surface area contributed by atoms with Gasteiger partial charge in [0.05, 0.1) is 19.1 Å². The number of hydrogen-bond acceptors (Lipinski definition) is 6. The van der Waals surface area contributed by atoms with Crippen LogP contribution in [0.3, 0.4) is 0 Å². The highest BCUT2D eigenvalue weighted by Gasteiger charge is 2.32. The molecule has 0 spiro atoms. The largest absolute Gasteiger partial charge is 0.493 e. The molecule has 1 saturated heterocycles. The first-order valence-electron chi connectivity index (χ1n) is 8.58. The van der Waals surface area contributed by atoms with Gasteiger partial charge in [-0.25, -0.2) is 8.42 Å². The number of carbonyl (C=O) groups is 1. The molecule has 0 saturated carbocycles. The molecule has 1 amide bonds. The Hall–Kier alpha value is -1.55. The van der Waals surface area contributed by atoms with Gasteiger partial charge in [-0.3, -0.25) is 4.79 Å². The van der Waals surface area contributed by atoms with E-state index in [-0.39, 0.29) is 29.1 Å². The van der Waals surface area contributed by atoms with Crippen LogP contribution in [0.4, 0.5) is 0 Å². The SMILES string of the molecule is CNCCNC(=O)C1CCN(S(=O)(=O)c2ccc(OC)c(OC)c2)CC1.Cl. The fourth-order valence-corrected chi connectivity index (χ4v) is 4.43. The Morgan fingerprint density at radius 2 is 1.78 bits per heavy atom. The van der Waals surface area contributed by atoms with Crippen LogP contribution in [0, 0.1) is 5.92 Å². The van der Waals surface area contributed by atoms with Crippen LogP contribution in [0.25, 0.3) is 0 Å². The lowest BCUT2D eigenvalue weighted by atomic mass is 9.97. The predicted octanol–water partition coefficient (Wildman–Crippen LogP) is 0.862. The number of methoxy groups -OCH3 is 2. The van der Waals surface area contributed by atoms with Crippen LogP contribution in [-0.2, 0) is 14.8 Å². The first-order valence-corrected chi connectivity index (χ1v) is 10.0. The number of sulfonamides is 1. The number of amides is 1. The molecule has 2 N–H and O–H groups in total. The van der Waals surface area contributed by atoms with Crippen molar-refractivity contribution in [2.45, 2.75) is 17.7 Å². The molecule has 0 radical (unpaired) electrons. The number of nitrogens with one attached hydrogen (secondary N) is 2. The molecule has 1 aliphatic rings. The van der Waals surface area contributed by atoms with Gasteiger partial charge in [0.2, 0.25) is 15.9 Å². The van der Waals surface area contributed by atoms with E-state index in [9.17, 15) is 13.2 Å². The third kappa shape index (κ3) is 5.71. The molecular weight excluding hydrogens is 394 g/mol. The van der Waals surface area contributed by atoms with Crippen molar-refractivity contribution in [3.05, 3.63) is 18.2 Å². The van der Waals surface area contributed by atoms with Crippen molar-refractivity contribution >= 4 is 28.3 Å². The van der Waals surface area contributed by atoms with E-state index in [4.69, 9.17) is 9.47 Å². The summed E-state index contributed by atoms with van der Waals surface area (Å²) in [5.74, 6) is 0.683. The van der Waals surface area contributed by atoms with Crippen LogP contribution in [0.5, 0.6) is 11.5 Å². The van der Waals surface area contributed by atoms with Crippen molar-refractivity contribution in [3.8, 4) is 11.5 Å². The highest BCUT2D eigenvalue weighted by atomic mass is 35.5. The minimum Gasteiger partial charge on any atom is -0.493 e. The predicted molar refractivity (Wildman–Crippen MR) is 105 cm³/mol. The molecule has 0 bridgehead atoms. The molecule has 0 aliphatic carbocycles. The molecule has 8 nitrogen and oxygen atoms in total. The number of likely N-dealkylation sites (N-methyl/N-ethyl adjacent to an activating group) is 1. The van der Waals surface area contributed by atoms with E-state index in [1.165, 1.54) is 30.7 Å². The lowest BCUT2D eigenvalue weighted by Gasteiger charge is -2.30. The number of benzene rings is 1. The third-order valence-corrected chi connectivity index (χ3v) is 6.39. The van der Waals surface area contributed by atoms with Gasteiger partial charge in [0.15, 0.2) is 11.5 Å². The van der Waals surface area contributed by atoms with Gasteiger partial charge in [-0.2, -0.15) is 4.31 Å². The Bertz CT molecular complexity index is 721. The van der Waals surface area contributed by atoms with E-state index in [0.717, 1.165) is 0 Å². The van der Waals surface area contributed by atoms with E-state index in [2.05, 4.69) is 10.6 Å². The number of piperidine rings is 1. The summed E-state index contributed by atoms with van der Waals surface area (Å²) in [5.41, 5.74) is 0. The van der Waals surface area contributed by atoms with Gasteiger partial charge < -0.3 is 20.1 Å². The van der Waals surface area contributed by atoms with Gasteiger partial charge in [0, 0.05) is 38.2 Å². The zero-order chi connectivity index (χ0) is 19.2. The molecular formula is C17H28ClN3O5S. The Labute approximate surface area is 167 Å². The van der Waals surface area contributed by atoms with Crippen molar-refractivity contribution in [2.75, 3.05) is 47.4 Å². The van der Waals surface area contributed by atoms with Crippen molar-refractivity contribution in [1.29, 1.82) is 0 Å². The van der Waals surface area contributed by atoms with Crippen molar-refractivity contribution in [2.24, 2.45) is 5.92 Å². The molecule has 0 atom stereocenters. The lowest BCUT2D eigenvalue weighted by molar-refractivity contribution is -0.126. The molecule has 1 fully saturated rings. The number of carbonyl (C=O) groups excluding carboxylic acids is 1. The smallest absolute Gasteiger partial charge is 0.243 e. The van der Waals surface area contributed by atoms with Gasteiger partial charge >= 0.3 is 0 Å². The Morgan fingerprint density at radius 3 is 2.33 bits per heavy atom. The van der Waals surface area contributed by atoms with Crippen LogP contribution >= 0.6 is 12.4 Å². The van der Waals surface area contributed by atoms with E-state index < -0.39 is 10.0 Å². The van der Waals surface area contributed by atoms with Crippen molar-refractivity contribution in [1.82, 2.24) is 14.9 Å². The number of rotatable bonds is 8. The van der Waals surface area contributed by atoms with Gasteiger partial charge in [0.25, 0.3) is 0 Å². The highest BCUT2D eigenvalue weighted by molar-refractivity contribution is 7.89. The zero-order valence-corrected chi connectivity index (χ0v) is 17.5. The maximum absolute atomic E-state index is 12.9. The Balaban J connectivity index is 0.00000364. The fourth-order valence-electron chi connectivity index (χ4n) is 2.94. The Morgan fingerprint density at radius 1 is 1.15 bits per heavy atom. The van der Waals surface area contributed by atoms with Crippen LogP contribution in [0.15, 0.2) is 23.1 Å². The van der Waals surface area contributed by atoms with Gasteiger partial charge in [-0.05, 0) is 32.0 Å². The second-order valence-corrected chi connectivity index (χ2v) is 8.03. The normalized spacial score (nSPS) is 15.7. The molecule has 1 aromatic rings. The van der Waals surface area contributed by atoms with Crippen LogP contribution in [-0.4, -0.2) is 66.1 Å². The molecule has 10 heteroatoms. The first kappa shape index (κ1) is 23.5. The number of nitrogens with zero attached hydrogens (tertiary/aromatic N) is 1. The fraction of sp³-hybridized carbons (Fsp3) is 0.588. The lowest BCUT2D eigenvalue weighted by Crippen LogP contribution is -2.43. The second kappa shape index (κ2) is 10.7. The summed E-state index contributed by atoms with van der Waals surface area (Å²) in [6.07, 6.45) is 1.02. The second-order valence-electron chi connectivity index (χ2n) is 6.09. The molecule has 1 aliphatic heterocycles. The summed E-state index contributed by atoms with van der Waals surface area (Å²) in [6.45, 7) is 1.92. The van der Waals surface area contributed by atoms with Gasteiger partial charge in [-0.1, -0.05) is 0 Å². The van der Waals surface area contributed by atoms with Crippen LogP contribution in [0.2, 0.25) is 0 Å². The molecule has 27 heavy (non-hydrogen) atoms. The molecule has 1 heterocycles. The first-order chi connectivity index (χ1) is 12.4. The summed E-state index contributed by atoms with van der Waals surface area (Å²) < 4.78 is 37.5.